The first-order chi connectivity index (χ1) is 13.5. The average Bonchev–Trinajstić information content (AvgIpc) is 2.74. The molecule has 2 aromatic rings. The molecule has 8 nitrogen and oxygen atoms in total. The third-order valence-electron chi connectivity index (χ3n) is 3.97. The molecular weight excluding hydrogens is 364 g/mol. The summed E-state index contributed by atoms with van der Waals surface area (Å²) in [6.07, 6.45) is -0.439. The second-order valence-electron chi connectivity index (χ2n) is 5.73. The highest BCUT2D eigenvalue weighted by atomic mass is 16.5. The van der Waals surface area contributed by atoms with Crippen LogP contribution in [0.15, 0.2) is 48.5 Å². The summed E-state index contributed by atoms with van der Waals surface area (Å²) in [5, 5.41) is 5.00. The molecule has 0 aromatic heterocycles. The van der Waals surface area contributed by atoms with Crippen LogP contribution in [-0.2, 0) is 19.1 Å². The number of esters is 1. The molecule has 0 saturated heterocycles. The van der Waals surface area contributed by atoms with Gasteiger partial charge in [0.15, 0.2) is 0 Å². The largest absolute Gasteiger partial charge is 0.497 e. The fourth-order valence-corrected chi connectivity index (χ4v) is 2.44. The van der Waals surface area contributed by atoms with E-state index in [-0.39, 0.29) is 6.54 Å². The molecule has 2 amide bonds. The molecule has 0 aliphatic carbocycles. The third-order valence-corrected chi connectivity index (χ3v) is 3.97. The lowest BCUT2D eigenvalue weighted by molar-refractivity contribution is -0.136. The fraction of sp³-hybridized carbons (Fsp3) is 0.250. The van der Waals surface area contributed by atoms with Crippen molar-refractivity contribution in [2.45, 2.75) is 6.10 Å². The Labute approximate surface area is 162 Å². The molecule has 2 rings (SSSR count). The number of benzene rings is 2. The van der Waals surface area contributed by atoms with Crippen LogP contribution in [0.1, 0.15) is 22.0 Å². The zero-order valence-corrected chi connectivity index (χ0v) is 15.9. The summed E-state index contributed by atoms with van der Waals surface area (Å²) in [5.74, 6) is -1.45. The van der Waals surface area contributed by atoms with Crippen LogP contribution in [-0.4, -0.2) is 45.7 Å². The zero-order chi connectivity index (χ0) is 20.5. The highest BCUT2D eigenvalue weighted by Crippen LogP contribution is 2.21. The van der Waals surface area contributed by atoms with Gasteiger partial charge in [0.1, 0.15) is 5.75 Å². The van der Waals surface area contributed by atoms with E-state index in [4.69, 9.17) is 9.47 Å². The van der Waals surface area contributed by atoms with E-state index in [2.05, 4.69) is 15.4 Å². The second kappa shape index (κ2) is 10.1. The molecule has 2 N–H and O–H groups in total. The summed E-state index contributed by atoms with van der Waals surface area (Å²) < 4.78 is 15.2. The quantitative estimate of drug-likeness (QED) is 0.557. The molecule has 28 heavy (non-hydrogen) atoms. The summed E-state index contributed by atoms with van der Waals surface area (Å²) >= 11 is 0. The van der Waals surface area contributed by atoms with Gasteiger partial charge in [0.05, 0.1) is 25.9 Å². The summed E-state index contributed by atoms with van der Waals surface area (Å²) in [6.45, 7) is 0.108. The molecule has 8 heteroatoms. The van der Waals surface area contributed by atoms with Crippen LogP contribution in [0.4, 0.5) is 5.69 Å². The standard InChI is InChI=1S/C20H22N2O6/c1-26-16-6-4-5-14(11-16)17(27-2)12-21-18(23)19(24)22-15-9-7-13(8-10-15)20(25)28-3/h4-11,17H,12H2,1-3H3,(H,21,23)(H,22,24). The highest BCUT2D eigenvalue weighted by Gasteiger charge is 2.18. The number of hydrogen-bond acceptors (Lipinski definition) is 6. The molecule has 0 aliphatic rings. The smallest absolute Gasteiger partial charge is 0.337 e. The van der Waals surface area contributed by atoms with E-state index < -0.39 is 23.9 Å². The Bertz CT molecular complexity index is 835. The minimum Gasteiger partial charge on any atom is -0.497 e. The van der Waals surface area contributed by atoms with E-state index in [9.17, 15) is 14.4 Å². The molecule has 0 radical (unpaired) electrons. The van der Waals surface area contributed by atoms with Crippen molar-refractivity contribution >= 4 is 23.5 Å². The Kier molecular flexibility index (Phi) is 7.53. The van der Waals surface area contributed by atoms with Gasteiger partial charge in [-0.05, 0) is 42.0 Å². The molecular formula is C20H22N2O6. The van der Waals surface area contributed by atoms with Crippen LogP contribution < -0.4 is 15.4 Å². The van der Waals surface area contributed by atoms with E-state index in [0.29, 0.717) is 17.0 Å². The molecule has 0 heterocycles. The van der Waals surface area contributed by atoms with Gasteiger partial charge in [-0.2, -0.15) is 0 Å². The first-order valence-corrected chi connectivity index (χ1v) is 8.42. The SMILES string of the molecule is COC(=O)c1ccc(NC(=O)C(=O)NCC(OC)c2cccc(OC)c2)cc1. The van der Waals surface area contributed by atoms with Crippen LogP contribution in [0, 0.1) is 0 Å². The molecule has 0 fully saturated rings. The lowest BCUT2D eigenvalue weighted by atomic mass is 10.1. The Hall–Kier alpha value is -3.39. The van der Waals surface area contributed by atoms with Crippen molar-refractivity contribution in [3.8, 4) is 5.75 Å². The number of ether oxygens (including phenoxy) is 3. The fourth-order valence-electron chi connectivity index (χ4n) is 2.44. The lowest BCUT2D eigenvalue weighted by Gasteiger charge is -2.17. The van der Waals surface area contributed by atoms with E-state index in [1.54, 1.807) is 19.2 Å². The van der Waals surface area contributed by atoms with Crippen molar-refractivity contribution < 1.29 is 28.6 Å². The maximum absolute atomic E-state index is 12.1. The topological polar surface area (TPSA) is 103 Å². The molecule has 1 atom stereocenters. The maximum Gasteiger partial charge on any atom is 0.337 e. The van der Waals surface area contributed by atoms with Crippen molar-refractivity contribution in [2.75, 3.05) is 33.2 Å². The Balaban J connectivity index is 1.92. The predicted octanol–water partition coefficient (Wildman–Crippen LogP) is 1.92. The number of carbonyl (C=O) groups excluding carboxylic acids is 3. The molecule has 1 unspecified atom stereocenters. The van der Waals surface area contributed by atoms with Crippen LogP contribution in [0.25, 0.3) is 0 Å². The van der Waals surface area contributed by atoms with E-state index >= 15 is 0 Å². The Morgan fingerprint density at radius 2 is 1.68 bits per heavy atom. The zero-order valence-electron chi connectivity index (χ0n) is 15.9. The summed E-state index contributed by atoms with van der Waals surface area (Å²) in [6, 6.07) is 13.2. The van der Waals surface area contributed by atoms with E-state index in [0.717, 1.165) is 5.56 Å². The van der Waals surface area contributed by atoms with Crippen molar-refractivity contribution in [2.24, 2.45) is 0 Å². The first-order valence-electron chi connectivity index (χ1n) is 8.42. The molecule has 0 bridgehead atoms. The highest BCUT2D eigenvalue weighted by molar-refractivity contribution is 6.39. The van der Waals surface area contributed by atoms with Crippen LogP contribution in [0.3, 0.4) is 0 Å². The van der Waals surface area contributed by atoms with Gasteiger partial charge in [0.2, 0.25) is 0 Å². The third kappa shape index (κ3) is 5.55. The number of rotatable bonds is 7. The molecule has 2 aromatic carbocycles. The predicted molar refractivity (Wildman–Crippen MR) is 102 cm³/mol. The number of nitrogens with one attached hydrogen (secondary N) is 2. The number of carbonyl (C=O) groups is 3. The summed E-state index contributed by atoms with van der Waals surface area (Å²) in [4.78, 5) is 35.5. The lowest BCUT2D eigenvalue weighted by Crippen LogP contribution is -2.38. The Morgan fingerprint density at radius 3 is 2.29 bits per heavy atom. The van der Waals surface area contributed by atoms with Crippen LogP contribution in [0.5, 0.6) is 5.75 Å². The van der Waals surface area contributed by atoms with Crippen molar-refractivity contribution in [3.63, 3.8) is 0 Å². The second-order valence-corrected chi connectivity index (χ2v) is 5.73. The molecule has 148 valence electrons. The number of anilines is 1. The van der Waals surface area contributed by atoms with Gasteiger partial charge < -0.3 is 24.8 Å². The Morgan fingerprint density at radius 1 is 0.964 bits per heavy atom. The van der Waals surface area contributed by atoms with Gasteiger partial charge in [-0.1, -0.05) is 12.1 Å². The van der Waals surface area contributed by atoms with Gasteiger partial charge in [-0.15, -0.1) is 0 Å². The first kappa shape index (κ1) is 20.9. The van der Waals surface area contributed by atoms with Gasteiger partial charge in [-0.25, -0.2) is 4.79 Å². The molecule has 0 aliphatic heterocycles. The molecule has 0 spiro atoms. The van der Waals surface area contributed by atoms with Crippen molar-refractivity contribution in [1.82, 2.24) is 5.32 Å². The van der Waals surface area contributed by atoms with Gasteiger partial charge in [0, 0.05) is 19.3 Å². The normalized spacial score (nSPS) is 11.2. The van der Waals surface area contributed by atoms with E-state index in [1.165, 1.54) is 38.5 Å². The average molecular weight is 386 g/mol. The summed E-state index contributed by atoms with van der Waals surface area (Å²) in [5.41, 5.74) is 1.52. The molecule has 0 saturated carbocycles. The van der Waals surface area contributed by atoms with Crippen LogP contribution >= 0.6 is 0 Å². The van der Waals surface area contributed by atoms with Crippen molar-refractivity contribution in [1.29, 1.82) is 0 Å². The minimum atomic E-state index is -0.827. The monoisotopic (exact) mass is 386 g/mol. The van der Waals surface area contributed by atoms with Crippen molar-refractivity contribution in [3.05, 3.63) is 59.7 Å². The van der Waals surface area contributed by atoms with E-state index in [1.807, 2.05) is 12.1 Å². The number of hydrogen-bond donors (Lipinski definition) is 2. The van der Waals surface area contributed by atoms with Gasteiger partial charge >= 0.3 is 17.8 Å². The maximum atomic E-state index is 12.1. The number of methoxy groups -OCH3 is 3. The minimum absolute atomic E-state index is 0.108. The summed E-state index contributed by atoms with van der Waals surface area (Å²) in [7, 11) is 4.35. The van der Waals surface area contributed by atoms with Gasteiger partial charge in [0.25, 0.3) is 0 Å². The number of amides is 2. The van der Waals surface area contributed by atoms with Crippen LogP contribution in [0.2, 0.25) is 0 Å². The van der Waals surface area contributed by atoms with Gasteiger partial charge in [-0.3, -0.25) is 9.59 Å².